The van der Waals surface area contributed by atoms with E-state index in [-0.39, 0.29) is 16.9 Å². The second kappa shape index (κ2) is 6.24. The van der Waals surface area contributed by atoms with Crippen molar-refractivity contribution < 1.29 is 9.18 Å². The van der Waals surface area contributed by atoms with Crippen molar-refractivity contribution >= 4 is 32.3 Å². The van der Waals surface area contributed by atoms with Crippen molar-refractivity contribution in [3.63, 3.8) is 0 Å². The van der Waals surface area contributed by atoms with E-state index in [0.29, 0.717) is 26.5 Å². The van der Waals surface area contributed by atoms with Gasteiger partial charge in [0.2, 0.25) is 0 Å². The molecule has 0 unspecified atom stereocenters. The molecule has 0 saturated heterocycles. The molecule has 0 amide bonds. The van der Waals surface area contributed by atoms with Crippen molar-refractivity contribution in [2.45, 2.75) is 0 Å². The summed E-state index contributed by atoms with van der Waals surface area (Å²) in [5.41, 5.74) is 7.10. The lowest BCUT2D eigenvalue weighted by atomic mass is 10.0. The number of anilines is 1. The monoisotopic (exact) mass is 364 g/mol. The number of fused-ring (bicyclic) bond motifs is 1. The van der Waals surface area contributed by atoms with Crippen LogP contribution in [0.1, 0.15) is 15.9 Å². The second-order valence-electron chi connectivity index (χ2n) is 5.74. The number of para-hydroxylation sites is 1. The Morgan fingerprint density at radius 2 is 1.77 bits per heavy atom. The maximum absolute atomic E-state index is 13.5. The lowest BCUT2D eigenvalue weighted by Gasteiger charge is -2.07. The van der Waals surface area contributed by atoms with Gasteiger partial charge in [-0.3, -0.25) is 14.2 Å². The molecule has 0 aliphatic rings. The molecule has 26 heavy (non-hydrogen) atoms. The Kier molecular flexibility index (Phi) is 3.89. The zero-order valence-electron chi connectivity index (χ0n) is 13.5. The van der Waals surface area contributed by atoms with Gasteiger partial charge in [-0.25, -0.2) is 4.39 Å². The van der Waals surface area contributed by atoms with Crippen molar-refractivity contribution in [1.29, 1.82) is 0 Å². The Morgan fingerprint density at radius 3 is 2.50 bits per heavy atom. The Labute approximate surface area is 151 Å². The van der Waals surface area contributed by atoms with E-state index in [4.69, 9.17) is 5.73 Å². The lowest BCUT2D eigenvalue weighted by molar-refractivity contribution is 0.104. The zero-order valence-corrected chi connectivity index (χ0v) is 14.3. The molecule has 2 aromatic carbocycles. The van der Waals surface area contributed by atoms with Crippen LogP contribution >= 0.6 is 11.3 Å². The van der Waals surface area contributed by atoms with E-state index in [1.807, 2.05) is 30.3 Å². The summed E-state index contributed by atoms with van der Waals surface area (Å²) in [6.45, 7) is 0. The van der Waals surface area contributed by atoms with E-state index >= 15 is 0 Å². The molecular weight excluding hydrogens is 351 g/mol. The summed E-state index contributed by atoms with van der Waals surface area (Å²) in [5, 5.41) is 0.870. The number of carbonyl (C=O) groups excluding carboxylic acids is 1. The molecule has 0 fully saturated rings. The third-order valence-electron chi connectivity index (χ3n) is 4.10. The zero-order chi connectivity index (χ0) is 18.3. The molecule has 0 aliphatic heterocycles. The third kappa shape index (κ3) is 2.60. The fourth-order valence-electron chi connectivity index (χ4n) is 2.93. The van der Waals surface area contributed by atoms with Gasteiger partial charge < -0.3 is 5.73 Å². The van der Waals surface area contributed by atoms with Crippen LogP contribution < -0.4 is 11.3 Å². The molecule has 0 bridgehead atoms. The molecule has 2 heterocycles. The van der Waals surface area contributed by atoms with Crippen molar-refractivity contribution in [3.8, 4) is 5.69 Å². The summed E-state index contributed by atoms with van der Waals surface area (Å²) in [4.78, 5) is 25.9. The average Bonchev–Trinajstić information content (AvgIpc) is 2.97. The highest BCUT2D eigenvalue weighted by atomic mass is 32.1. The van der Waals surface area contributed by atoms with Crippen molar-refractivity contribution in [3.05, 3.63) is 94.0 Å². The highest BCUT2D eigenvalue weighted by molar-refractivity contribution is 7.22. The minimum absolute atomic E-state index is 0.213. The number of benzene rings is 2. The Hall–Kier alpha value is -3.25. The first-order valence-electron chi connectivity index (χ1n) is 7.86. The van der Waals surface area contributed by atoms with Gasteiger partial charge >= 0.3 is 0 Å². The summed E-state index contributed by atoms with van der Waals surface area (Å²) in [6, 6.07) is 17.6. The molecule has 4 nitrogen and oxygen atoms in total. The normalized spacial score (nSPS) is 11.0. The molecule has 4 rings (SSSR count). The Morgan fingerprint density at radius 1 is 1.00 bits per heavy atom. The number of nitrogens with zero attached hydrogens (tertiary/aromatic N) is 1. The number of hydrogen-bond acceptors (Lipinski definition) is 4. The van der Waals surface area contributed by atoms with Gasteiger partial charge in [-0.2, -0.15) is 0 Å². The van der Waals surface area contributed by atoms with Gasteiger partial charge in [0, 0.05) is 17.0 Å². The smallest absolute Gasteiger partial charge is 0.256 e. The highest BCUT2D eigenvalue weighted by Crippen LogP contribution is 2.35. The fraction of sp³-hybridized carbons (Fsp3) is 0. The van der Waals surface area contributed by atoms with Crippen LogP contribution in [0.4, 0.5) is 9.39 Å². The molecule has 0 spiro atoms. The minimum Gasteiger partial charge on any atom is -0.390 e. The Bertz CT molecular complexity index is 1200. The number of thiophene rings is 1. The summed E-state index contributed by atoms with van der Waals surface area (Å²) < 4.78 is 15.0. The van der Waals surface area contributed by atoms with Gasteiger partial charge in [-0.15, -0.1) is 0 Å². The van der Waals surface area contributed by atoms with E-state index < -0.39 is 5.82 Å². The van der Waals surface area contributed by atoms with Crippen molar-refractivity contribution in [2.24, 2.45) is 0 Å². The number of ketones is 1. The molecule has 0 aliphatic carbocycles. The molecule has 2 N–H and O–H groups in total. The molecule has 128 valence electrons. The van der Waals surface area contributed by atoms with Crippen LogP contribution in [0.15, 0.2) is 71.5 Å². The van der Waals surface area contributed by atoms with E-state index in [1.165, 1.54) is 40.2 Å². The molecule has 0 radical (unpaired) electrons. The summed E-state index contributed by atoms with van der Waals surface area (Å²) in [6.07, 6.45) is 0. The van der Waals surface area contributed by atoms with Gasteiger partial charge in [0.1, 0.15) is 10.6 Å². The van der Waals surface area contributed by atoms with Crippen LogP contribution in [0.25, 0.3) is 15.9 Å². The van der Waals surface area contributed by atoms with Crippen molar-refractivity contribution in [2.75, 3.05) is 5.73 Å². The van der Waals surface area contributed by atoms with Gasteiger partial charge in [0.15, 0.2) is 5.78 Å². The summed E-state index contributed by atoms with van der Waals surface area (Å²) >= 11 is 1.17. The maximum atomic E-state index is 13.5. The van der Waals surface area contributed by atoms with Gasteiger partial charge in [-0.05, 0) is 30.3 Å². The third-order valence-corrected chi connectivity index (χ3v) is 5.12. The summed E-state index contributed by atoms with van der Waals surface area (Å²) in [5.74, 6) is -0.860. The van der Waals surface area contributed by atoms with Crippen molar-refractivity contribution in [1.82, 2.24) is 4.57 Å². The predicted molar refractivity (Wildman–Crippen MR) is 102 cm³/mol. The van der Waals surface area contributed by atoms with Gasteiger partial charge in [-0.1, -0.05) is 41.7 Å². The molecule has 4 aromatic rings. The SMILES string of the molecule is Nc1sc2c(ccc(=O)n2-c2ccccc2)c1C(=O)c1cccc(F)c1. The van der Waals surface area contributed by atoms with Crippen LogP contribution in [0.5, 0.6) is 0 Å². The first-order chi connectivity index (χ1) is 12.6. The van der Waals surface area contributed by atoms with Crippen LogP contribution in [0, 0.1) is 5.82 Å². The predicted octanol–water partition coefficient (Wildman–Crippen LogP) is 4.00. The maximum Gasteiger partial charge on any atom is 0.256 e. The minimum atomic E-state index is -0.491. The number of aromatic nitrogens is 1. The number of rotatable bonds is 3. The summed E-state index contributed by atoms with van der Waals surface area (Å²) in [7, 11) is 0. The Balaban J connectivity index is 1.98. The number of halogens is 1. The molecule has 2 aromatic heterocycles. The van der Waals surface area contributed by atoms with Crippen LogP contribution in [0.2, 0.25) is 0 Å². The van der Waals surface area contributed by atoms with Crippen LogP contribution in [-0.2, 0) is 0 Å². The topological polar surface area (TPSA) is 65.1 Å². The number of hydrogen-bond donors (Lipinski definition) is 1. The second-order valence-corrected chi connectivity index (χ2v) is 6.77. The number of pyridine rings is 1. The largest absolute Gasteiger partial charge is 0.390 e. The number of nitrogen functional groups attached to an aromatic ring is 1. The standard InChI is InChI=1S/C20H13FN2O2S/c21-13-6-4-5-12(11-13)18(25)17-15-9-10-16(24)23(20(15)26-19(17)22)14-7-2-1-3-8-14/h1-11H,22H2. The van der Waals surface area contributed by atoms with Gasteiger partial charge in [0.25, 0.3) is 5.56 Å². The fourth-order valence-corrected chi connectivity index (χ4v) is 4.01. The number of carbonyl (C=O) groups is 1. The quantitative estimate of drug-likeness (QED) is 0.559. The van der Waals surface area contributed by atoms with E-state index in [0.717, 1.165) is 0 Å². The van der Waals surface area contributed by atoms with Crippen LogP contribution in [-0.4, -0.2) is 10.4 Å². The molecule has 0 saturated carbocycles. The molecular formula is C20H13FN2O2S. The molecule has 6 heteroatoms. The van der Waals surface area contributed by atoms with E-state index in [1.54, 1.807) is 12.1 Å². The number of nitrogens with two attached hydrogens (primary N) is 1. The van der Waals surface area contributed by atoms with E-state index in [9.17, 15) is 14.0 Å². The average molecular weight is 364 g/mol. The first-order valence-corrected chi connectivity index (χ1v) is 8.67. The van der Waals surface area contributed by atoms with Crippen LogP contribution in [0.3, 0.4) is 0 Å². The lowest BCUT2D eigenvalue weighted by Crippen LogP contribution is -2.16. The molecule has 0 atom stereocenters. The highest BCUT2D eigenvalue weighted by Gasteiger charge is 2.21. The van der Waals surface area contributed by atoms with E-state index in [2.05, 4.69) is 0 Å². The van der Waals surface area contributed by atoms with Gasteiger partial charge in [0.05, 0.1) is 16.3 Å². The first kappa shape index (κ1) is 16.2.